The van der Waals surface area contributed by atoms with Crippen molar-refractivity contribution >= 4 is 23.2 Å². The second-order valence-electron chi connectivity index (χ2n) is 6.32. The van der Waals surface area contributed by atoms with Crippen LogP contribution < -0.4 is 5.32 Å². The van der Waals surface area contributed by atoms with E-state index in [9.17, 15) is 9.59 Å². The molecule has 0 aliphatic heterocycles. The van der Waals surface area contributed by atoms with E-state index in [0.717, 1.165) is 22.6 Å². The van der Waals surface area contributed by atoms with E-state index in [1.165, 1.54) is 16.9 Å². The summed E-state index contributed by atoms with van der Waals surface area (Å²) in [4.78, 5) is 29.2. The van der Waals surface area contributed by atoms with E-state index in [2.05, 4.69) is 29.4 Å². The Morgan fingerprint density at radius 1 is 1.04 bits per heavy atom. The van der Waals surface area contributed by atoms with Crippen LogP contribution in [0.25, 0.3) is 10.6 Å². The highest BCUT2D eigenvalue weighted by atomic mass is 32.1. The standard InChI is InChI=1S/C22H22N2O3S/c1-3-16-9-11-18(12-10-16)21-24-15(2)20(28-21)22(26)27-14-19(25)23-13-17-7-5-4-6-8-17/h4-12H,3,13-14H2,1-2H3,(H,23,25). The zero-order chi connectivity index (χ0) is 19.9. The molecular weight excluding hydrogens is 372 g/mol. The normalized spacial score (nSPS) is 10.5. The number of benzene rings is 2. The Balaban J connectivity index is 1.56. The van der Waals surface area contributed by atoms with Gasteiger partial charge in [0.1, 0.15) is 9.88 Å². The van der Waals surface area contributed by atoms with E-state index in [4.69, 9.17) is 4.74 Å². The predicted molar refractivity (Wildman–Crippen MR) is 110 cm³/mol. The summed E-state index contributed by atoms with van der Waals surface area (Å²) in [6.45, 7) is 3.96. The van der Waals surface area contributed by atoms with Gasteiger partial charge >= 0.3 is 5.97 Å². The molecule has 0 fully saturated rings. The van der Waals surface area contributed by atoms with E-state index in [1.54, 1.807) is 6.92 Å². The van der Waals surface area contributed by atoms with Crippen LogP contribution in [-0.2, 0) is 22.5 Å². The number of hydrogen-bond acceptors (Lipinski definition) is 5. The molecule has 0 spiro atoms. The summed E-state index contributed by atoms with van der Waals surface area (Å²) in [5.41, 5.74) is 3.80. The first-order chi connectivity index (χ1) is 13.6. The highest BCUT2D eigenvalue weighted by Crippen LogP contribution is 2.28. The Kier molecular flexibility index (Phi) is 6.55. The van der Waals surface area contributed by atoms with Crippen molar-refractivity contribution in [3.63, 3.8) is 0 Å². The van der Waals surface area contributed by atoms with Gasteiger partial charge in [0, 0.05) is 12.1 Å². The number of hydrogen-bond donors (Lipinski definition) is 1. The van der Waals surface area contributed by atoms with Gasteiger partial charge in [-0.05, 0) is 24.5 Å². The van der Waals surface area contributed by atoms with Gasteiger partial charge in [0.2, 0.25) is 0 Å². The summed E-state index contributed by atoms with van der Waals surface area (Å²) in [6, 6.07) is 17.7. The largest absolute Gasteiger partial charge is 0.451 e. The van der Waals surface area contributed by atoms with E-state index < -0.39 is 5.97 Å². The van der Waals surface area contributed by atoms with E-state index in [-0.39, 0.29) is 12.5 Å². The Morgan fingerprint density at radius 3 is 2.43 bits per heavy atom. The van der Waals surface area contributed by atoms with E-state index >= 15 is 0 Å². The van der Waals surface area contributed by atoms with Gasteiger partial charge in [0.15, 0.2) is 6.61 Å². The minimum Gasteiger partial charge on any atom is -0.451 e. The molecule has 0 radical (unpaired) electrons. The molecule has 6 heteroatoms. The molecule has 0 unspecified atom stereocenters. The van der Waals surface area contributed by atoms with Crippen molar-refractivity contribution in [3.05, 3.63) is 76.3 Å². The number of amides is 1. The minimum atomic E-state index is -0.527. The fourth-order valence-electron chi connectivity index (χ4n) is 2.64. The zero-order valence-electron chi connectivity index (χ0n) is 15.9. The molecule has 0 aliphatic carbocycles. The predicted octanol–water partition coefficient (Wildman–Crippen LogP) is 4.15. The van der Waals surface area contributed by atoms with Gasteiger partial charge in [-0.25, -0.2) is 9.78 Å². The maximum absolute atomic E-state index is 12.4. The second kappa shape index (κ2) is 9.28. The van der Waals surface area contributed by atoms with Crippen molar-refractivity contribution in [2.75, 3.05) is 6.61 Å². The summed E-state index contributed by atoms with van der Waals surface area (Å²) in [7, 11) is 0. The lowest BCUT2D eigenvalue weighted by atomic mass is 10.1. The van der Waals surface area contributed by atoms with Crippen LogP contribution in [0.5, 0.6) is 0 Å². The van der Waals surface area contributed by atoms with Gasteiger partial charge < -0.3 is 10.1 Å². The van der Waals surface area contributed by atoms with Crippen LogP contribution in [0.15, 0.2) is 54.6 Å². The lowest BCUT2D eigenvalue weighted by molar-refractivity contribution is -0.124. The highest BCUT2D eigenvalue weighted by molar-refractivity contribution is 7.17. The van der Waals surface area contributed by atoms with Crippen molar-refractivity contribution < 1.29 is 14.3 Å². The van der Waals surface area contributed by atoms with E-state index in [1.807, 2.05) is 42.5 Å². The smallest absolute Gasteiger partial charge is 0.350 e. The first-order valence-corrected chi connectivity index (χ1v) is 9.93. The average molecular weight is 394 g/mol. The summed E-state index contributed by atoms with van der Waals surface area (Å²) >= 11 is 1.28. The lowest BCUT2D eigenvalue weighted by Gasteiger charge is -2.06. The van der Waals surface area contributed by atoms with Crippen LogP contribution in [-0.4, -0.2) is 23.5 Å². The van der Waals surface area contributed by atoms with Crippen molar-refractivity contribution in [1.29, 1.82) is 0 Å². The van der Waals surface area contributed by atoms with Crippen LogP contribution in [0.2, 0.25) is 0 Å². The van der Waals surface area contributed by atoms with Gasteiger partial charge in [0.05, 0.1) is 5.69 Å². The molecular formula is C22H22N2O3S. The molecule has 144 valence electrons. The number of rotatable bonds is 7. The highest BCUT2D eigenvalue weighted by Gasteiger charge is 2.18. The number of nitrogens with zero attached hydrogens (tertiary/aromatic N) is 1. The Bertz CT molecular complexity index is 950. The summed E-state index contributed by atoms with van der Waals surface area (Å²) in [5, 5.41) is 3.50. The van der Waals surface area contributed by atoms with Crippen molar-refractivity contribution in [2.45, 2.75) is 26.8 Å². The number of aryl methyl sites for hydroxylation is 2. The molecule has 0 bridgehead atoms. The van der Waals surface area contributed by atoms with Crippen LogP contribution >= 0.6 is 11.3 Å². The third-order valence-corrected chi connectivity index (χ3v) is 5.44. The van der Waals surface area contributed by atoms with Crippen LogP contribution in [0.3, 0.4) is 0 Å². The van der Waals surface area contributed by atoms with E-state index in [0.29, 0.717) is 17.1 Å². The Labute approximate surface area is 168 Å². The molecule has 0 saturated carbocycles. The topological polar surface area (TPSA) is 68.3 Å². The molecule has 28 heavy (non-hydrogen) atoms. The number of nitrogens with one attached hydrogen (secondary N) is 1. The Hall–Kier alpha value is -2.99. The summed E-state index contributed by atoms with van der Waals surface area (Å²) < 4.78 is 5.16. The number of esters is 1. The number of thiazole rings is 1. The fourth-order valence-corrected chi connectivity index (χ4v) is 3.60. The maximum atomic E-state index is 12.4. The molecule has 2 aromatic carbocycles. The Morgan fingerprint density at radius 2 is 1.75 bits per heavy atom. The first-order valence-electron chi connectivity index (χ1n) is 9.11. The van der Waals surface area contributed by atoms with Gasteiger partial charge in [-0.15, -0.1) is 11.3 Å². The quantitative estimate of drug-likeness (QED) is 0.611. The monoisotopic (exact) mass is 394 g/mol. The molecule has 0 atom stereocenters. The SMILES string of the molecule is CCc1ccc(-c2nc(C)c(C(=O)OCC(=O)NCc3ccccc3)s2)cc1. The van der Waals surface area contributed by atoms with Gasteiger partial charge in [0.25, 0.3) is 5.91 Å². The van der Waals surface area contributed by atoms with Crippen LogP contribution in [0.4, 0.5) is 0 Å². The number of carbonyl (C=O) groups excluding carboxylic acids is 2. The molecule has 3 aromatic rings. The summed E-state index contributed by atoms with van der Waals surface area (Å²) in [6.07, 6.45) is 0.973. The van der Waals surface area contributed by atoms with Gasteiger partial charge in [-0.3, -0.25) is 4.79 Å². The van der Waals surface area contributed by atoms with Crippen LogP contribution in [0.1, 0.15) is 33.4 Å². The molecule has 1 amide bonds. The molecule has 1 N–H and O–H groups in total. The maximum Gasteiger partial charge on any atom is 0.350 e. The van der Waals surface area contributed by atoms with Crippen LogP contribution in [0, 0.1) is 6.92 Å². The molecule has 1 heterocycles. The summed E-state index contributed by atoms with van der Waals surface area (Å²) in [5.74, 6) is -0.865. The number of ether oxygens (including phenoxy) is 1. The van der Waals surface area contributed by atoms with Crippen molar-refractivity contribution in [1.82, 2.24) is 10.3 Å². The third kappa shape index (κ3) is 5.04. The number of aromatic nitrogens is 1. The first kappa shape index (κ1) is 19.8. The molecule has 5 nitrogen and oxygen atoms in total. The second-order valence-corrected chi connectivity index (χ2v) is 7.32. The lowest BCUT2D eigenvalue weighted by Crippen LogP contribution is -2.28. The zero-order valence-corrected chi connectivity index (χ0v) is 16.7. The minimum absolute atomic E-state index is 0.316. The molecule has 3 rings (SSSR count). The fraction of sp³-hybridized carbons (Fsp3) is 0.227. The average Bonchev–Trinajstić information content (AvgIpc) is 3.13. The molecule has 0 saturated heterocycles. The van der Waals surface area contributed by atoms with Gasteiger partial charge in [-0.2, -0.15) is 0 Å². The van der Waals surface area contributed by atoms with Crippen molar-refractivity contribution in [2.24, 2.45) is 0 Å². The van der Waals surface area contributed by atoms with Gasteiger partial charge in [-0.1, -0.05) is 61.5 Å². The van der Waals surface area contributed by atoms with Crippen molar-refractivity contribution in [3.8, 4) is 10.6 Å². The molecule has 1 aromatic heterocycles. The number of carbonyl (C=O) groups is 2. The molecule has 0 aliphatic rings. The third-order valence-electron chi connectivity index (χ3n) is 4.26.